The molecule has 0 spiro atoms. The molecule has 1 aliphatic heterocycles. The van der Waals surface area contributed by atoms with Gasteiger partial charge in [-0.3, -0.25) is 4.79 Å². The van der Waals surface area contributed by atoms with Crippen molar-refractivity contribution in [1.82, 2.24) is 4.98 Å². The molecule has 0 bridgehead atoms. The second kappa shape index (κ2) is 5.71. The van der Waals surface area contributed by atoms with Gasteiger partial charge >= 0.3 is 5.97 Å². The zero-order valence-electron chi connectivity index (χ0n) is 10.8. The molecule has 98 valence electrons. The lowest BCUT2D eigenvalue weighted by atomic mass is 9.96. The predicted octanol–water partition coefficient (Wildman–Crippen LogP) is 1.48. The van der Waals surface area contributed by atoms with Gasteiger partial charge in [-0.1, -0.05) is 0 Å². The number of nitrogens with zero attached hydrogens (tertiary/aromatic N) is 2. The van der Waals surface area contributed by atoms with Crippen LogP contribution in [0.2, 0.25) is 0 Å². The minimum absolute atomic E-state index is 0.102. The number of ether oxygens (including phenoxy) is 2. The molecule has 5 nitrogen and oxygen atoms in total. The van der Waals surface area contributed by atoms with Crippen molar-refractivity contribution in [3.63, 3.8) is 0 Å². The molecule has 0 saturated carbocycles. The van der Waals surface area contributed by atoms with Crippen LogP contribution in [-0.4, -0.2) is 37.8 Å². The highest BCUT2D eigenvalue weighted by Crippen LogP contribution is 2.28. The minimum Gasteiger partial charge on any atom is -0.481 e. The third kappa shape index (κ3) is 2.91. The third-order valence-corrected chi connectivity index (χ3v) is 3.01. The fourth-order valence-electron chi connectivity index (χ4n) is 2.07. The molecule has 2 rings (SSSR count). The molecule has 1 saturated heterocycles. The van der Waals surface area contributed by atoms with Crippen LogP contribution in [-0.2, 0) is 9.53 Å². The van der Waals surface area contributed by atoms with Crippen LogP contribution >= 0.6 is 0 Å². The maximum Gasteiger partial charge on any atom is 0.306 e. The van der Waals surface area contributed by atoms with E-state index >= 15 is 0 Å². The van der Waals surface area contributed by atoms with Crippen molar-refractivity contribution in [3.05, 3.63) is 18.3 Å². The fraction of sp³-hybridized carbons (Fsp3) is 0.538. The topological polar surface area (TPSA) is 51.7 Å². The Labute approximate surface area is 107 Å². The number of anilines is 1. The summed E-state index contributed by atoms with van der Waals surface area (Å²) in [6, 6.07) is 3.85. The molecule has 1 fully saturated rings. The molecule has 1 aromatic rings. The van der Waals surface area contributed by atoms with Gasteiger partial charge in [0.15, 0.2) is 0 Å². The summed E-state index contributed by atoms with van der Waals surface area (Å²) >= 11 is 0. The van der Waals surface area contributed by atoms with Crippen molar-refractivity contribution in [2.45, 2.75) is 13.3 Å². The highest BCUT2D eigenvalue weighted by Gasteiger charge is 2.29. The maximum atomic E-state index is 11.3. The van der Waals surface area contributed by atoms with Gasteiger partial charge in [0.05, 0.1) is 20.1 Å². The Hall–Kier alpha value is -1.78. The molecule has 1 aliphatic rings. The summed E-state index contributed by atoms with van der Waals surface area (Å²) in [4.78, 5) is 17.6. The van der Waals surface area contributed by atoms with Gasteiger partial charge in [0, 0.05) is 37.0 Å². The molecule has 0 amide bonds. The van der Waals surface area contributed by atoms with E-state index in [0.29, 0.717) is 24.8 Å². The lowest BCUT2D eigenvalue weighted by molar-refractivity contribution is -0.144. The first-order valence-corrected chi connectivity index (χ1v) is 6.13. The molecule has 0 radical (unpaired) electrons. The van der Waals surface area contributed by atoms with Crippen molar-refractivity contribution < 1.29 is 14.3 Å². The molecule has 0 unspecified atom stereocenters. The summed E-state index contributed by atoms with van der Waals surface area (Å²) in [6.45, 7) is 4.04. The smallest absolute Gasteiger partial charge is 0.306 e. The van der Waals surface area contributed by atoms with Crippen LogP contribution in [0.15, 0.2) is 18.3 Å². The van der Waals surface area contributed by atoms with Crippen LogP contribution in [0.25, 0.3) is 0 Å². The fourth-order valence-corrected chi connectivity index (χ4v) is 2.07. The van der Waals surface area contributed by atoms with Crippen LogP contribution < -0.4 is 9.64 Å². The second-order valence-corrected chi connectivity index (χ2v) is 4.34. The highest BCUT2D eigenvalue weighted by molar-refractivity contribution is 5.70. The van der Waals surface area contributed by atoms with Crippen molar-refractivity contribution in [2.24, 2.45) is 5.92 Å². The first-order chi connectivity index (χ1) is 8.72. The van der Waals surface area contributed by atoms with E-state index in [1.165, 1.54) is 0 Å². The normalized spacial score (nSPS) is 15.1. The molecule has 2 heterocycles. The lowest BCUT2D eigenvalue weighted by Crippen LogP contribution is -2.47. The van der Waals surface area contributed by atoms with Gasteiger partial charge < -0.3 is 14.4 Å². The molecular weight excluding hydrogens is 232 g/mol. The Balaban J connectivity index is 1.83. The third-order valence-electron chi connectivity index (χ3n) is 3.01. The van der Waals surface area contributed by atoms with E-state index in [0.717, 1.165) is 18.8 Å². The summed E-state index contributed by atoms with van der Waals surface area (Å²) in [7, 11) is 1.60. The summed E-state index contributed by atoms with van der Waals surface area (Å²) < 4.78 is 10.0. The molecule has 0 aromatic carbocycles. The molecule has 0 N–H and O–H groups in total. The largest absolute Gasteiger partial charge is 0.481 e. The van der Waals surface area contributed by atoms with Gasteiger partial charge in [-0.2, -0.15) is 0 Å². The number of methoxy groups -OCH3 is 1. The monoisotopic (exact) mass is 250 g/mol. The van der Waals surface area contributed by atoms with Crippen molar-refractivity contribution >= 4 is 11.7 Å². The van der Waals surface area contributed by atoms with Crippen LogP contribution in [0.5, 0.6) is 5.88 Å². The number of hydrogen-bond donors (Lipinski definition) is 0. The van der Waals surface area contributed by atoms with Crippen LogP contribution in [0.1, 0.15) is 13.3 Å². The Kier molecular flexibility index (Phi) is 4.02. The van der Waals surface area contributed by atoms with Gasteiger partial charge in [0.25, 0.3) is 0 Å². The highest BCUT2D eigenvalue weighted by atomic mass is 16.5. The lowest BCUT2D eigenvalue weighted by Gasteiger charge is -2.40. The second-order valence-electron chi connectivity index (χ2n) is 4.34. The number of hydrogen-bond acceptors (Lipinski definition) is 5. The van der Waals surface area contributed by atoms with E-state index in [2.05, 4.69) is 9.88 Å². The molecular formula is C13H18N2O3. The van der Waals surface area contributed by atoms with Gasteiger partial charge in [0.2, 0.25) is 5.88 Å². The van der Waals surface area contributed by atoms with Crippen molar-refractivity contribution in [2.75, 3.05) is 31.7 Å². The summed E-state index contributed by atoms with van der Waals surface area (Å²) in [6.07, 6.45) is 2.24. The molecule has 5 heteroatoms. The van der Waals surface area contributed by atoms with Gasteiger partial charge in [-0.05, 0) is 13.0 Å². The SMILES string of the molecule is CCOC(=O)CC1CN(c2ccnc(OC)c2)C1. The van der Waals surface area contributed by atoms with E-state index in [1.54, 1.807) is 13.3 Å². The van der Waals surface area contributed by atoms with E-state index in [4.69, 9.17) is 9.47 Å². The zero-order valence-corrected chi connectivity index (χ0v) is 10.8. The Bertz CT molecular complexity index is 416. The quantitative estimate of drug-likeness (QED) is 0.741. The first-order valence-electron chi connectivity index (χ1n) is 6.13. The first kappa shape index (κ1) is 12.7. The van der Waals surface area contributed by atoms with E-state index < -0.39 is 0 Å². The van der Waals surface area contributed by atoms with Gasteiger partial charge in [-0.25, -0.2) is 4.98 Å². The predicted molar refractivity (Wildman–Crippen MR) is 67.7 cm³/mol. The average Bonchev–Trinajstić information content (AvgIpc) is 2.33. The summed E-state index contributed by atoms with van der Waals surface area (Å²) in [5.74, 6) is 0.902. The van der Waals surface area contributed by atoms with Crippen LogP contribution in [0, 0.1) is 5.92 Å². The Morgan fingerprint density at radius 3 is 3.00 bits per heavy atom. The average molecular weight is 250 g/mol. The molecule has 18 heavy (non-hydrogen) atoms. The molecule has 0 atom stereocenters. The minimum atomic E-state index is -0.102. The molecule has 1 aromatic heterocycles. The van der Waals surface area contributed by atoms with Crippen LogP contribution in [0.4, 0.5) is 5.69 Å². The number of carbonyl (C=O) groups excluding carboxylic acids is 1. The number of rotatable bonds is 5. The number of esters is 1. The van der Waals surface area contributed by atoms with E-state index in [-0.39, 0.29) is 5.97 Å². The van der Waals surface area contributed by atoms with Crippen LogP contribution in [0.3, 0.4) is 0 Å². The zero-order chi connectivity index (χ0) is 13.0. The van der Waals surface area contributed by atoms with Gasteiger partial charge in [-0.15, -0.1) is 0 Å². The van der Waals surface area contributed by atoms with Gasteiger partial charge in [0.1, 0.15) is 0 Å². The standard InChI is InChI=1S/C13H18N2O3/c1-3-18-13(16)6-10-8-15(9-10)11-4-5-14-12(7-11)17-2/h4-5,7,10H,3,6,8-9H2,1-2H3. The summed E-state index contributed by atoms with van der Waals surface area (Å²) in [5, 5.41) is 0. The van der Waals surface area contributed by atoms with Crippen molar-refractivity contribution in [3.8, 4) is 5.88 Å². The Morgan fingerprint density at radius 2 is 2.33 bits per heavy atom. The number of pyridine rings is 1. The number of aromatic nitrogens is 1. The maximum absolute atomic E-state index is 11.3. The Morgan fingerprint density at radius 1 is 1.56 bits per heavy atom. The molecule has 0 aliphatic carbocycles. The van der Waals surface area contributed by atoms with E-state index in [9.17, 15) is 4.79 Å². The number of carbonyl (C=O) groups is 1. The van der Waals surface area contributed by atoms with E-state index in [1.807, 2.05) is 19.1 Å². The van der Waals surface area contributed by atoms with Crippen molar-refractivity contribution in [1.29, 1.82) is 0 Å². The summed E-state index contributed by atoms with van der Waals surface area (Å²) in [5.41, 5.74) is 1.09.